The smallest absolute Gasteiger partial charge is 0.234 e. The van der Waals surface area contributed by atoms with E-state index in [0.717, 1.165) is 15.9 Å². The molecule has 1 atom stereocenters. The molecule has 0 radical (unpaired) electrons. The number of rotatable bonds is 6. The number of amides is 1. The molecule has 2 rings (SSSR count). The average Bonchev–Trinajstić information content (AvgIpc) is 2.84. The lowest BCUT2D eigenvalue weighted by Crippen LogP contribution is -2.36. The predicted molar refractivity (Wildman–Crippen MR) is 96.1 cm³/mol. The van der Waals surface area contributed by atoms with Crippen molar-refractivity contribution in [3.8, 4) is 0 Å². The standard InChI is InChI=1S/C17H21BrN2OS/c1-12-4-6-14(7-5-12)13(2)19-17(21)11-20(3)10-15-8-9-16(18)22-15/h4-9,13H,10-11H2,1-3H3,(H,19,21). The molecular formula is C17H21BrN2OS. The summed E-state index contributed by atoms with van der Waals surface area (Å²) in [6.45, 7) is 5.25. The Kier molecular flexibility index (Phi) is 6.17. The van der Waals surface area contributed by atoms with Gasteiger partial charge in [0.15, 0.2) is 0 Å². The summed E-state index contributed by atoms with van der Waals surface area (Å²) in [4.78, 5) is 15.4. The van der Waals surface area contributed by atoms with E-state index in [2.05, 4.69) is 58.5 Å². The van der Waals surface area contributed by atoms with Crippen molar-refractivity contribution in [1.82, 2.24) is 10.2 Å². The fourth-order valence-electron chi connectivity index (χ4n) is 2.23. The van der Waals surface area contributed by atoms with Crippen LogP contribution in [0, 0.1) is 6.92 Å². The first kappa shape index (κ1) is 17.2. The van der Waals surface area contributed by atoms with Crippen molar-refractivity contribution < 1.29 is 4.79 Å². The Bertz CT molecular complexity index is 624. The first-order chi connectivity index (χ1) is 10.4. The Balaban J connectivity index is 1.82. The normalized spacial score (nSPS) is 12.4. The number of carbonyl (C=O) groups excluding carboxylic acids is 1. The number of aryl methyl sites for hydroxylation is 1. The van der Waals surface area contributed by atoms with Gasteiger partial charge in [-0.1, -0.05) is 29.8 Å². The minimum atomic E-state index is 0.0254. The third kappa shape index (κ3) is 5.23. The van der Waals surface area contributed by atoms with Crippen molar-refractivity contribution in [2.45, 2.75) is 26.4 Å². The fraction of sp³-hybridized carbons (Fsp3) is 0.353. The van der Waals surface area contributed by atoms with E-state index in [1.54, 1.807) is 11.3 Å². The van der Waals surface area contributed by atoms with Crippen molar-refractivity contribution in [2.75, 3.05) is 13.6 Å². The van der Waals surface area contributed by atoms with Crippen molar-refractivity contribution in [1.29, 1.82) is 0 Å². The van der Waals surface area contributed by atoms with E-state index in [4.69, 9.17) is 0 Å². The average molecular weight is 381 g/mol. The number of benzene rings is 1. The second-order valence-corrected chi connectivity index (χ2v) is 8.13. The molecule has 2 aromatic rings. The Morgan fingerprint density at radius 3 is 2.55 bits per heavy atom. The number of likely N-dealkylation sites (N-methyl/N-ethyl adjacent to an activating group) is 1. The van der Waals surface area contributed by atoms with Crippen molar-refractivity contribution in [2.24, 2.45) is 0 Å². The molecule has 1 aromatic carbocycles. The molecule has 0 bridgehead atoms. The number of thiophene rings is 1. The van der Waals surface area contributed by atoms with E-state index < -0.39 is 0 Å². The van der Waals surface area contributed by atoms with Gasteiger partial charge < -0.3 is 5.32 Å². The van der Waals surface area contributed by atoms with Gasteiger partial charge in [-0.25, -0.2) is 0 Å². The lowest BCUT2D eigenvalue weighted by molar-refractivity contribution is -0.122. The van der Waals surface area contributed by atoms with Gasteiger partial charge in [-0.2, -0.15) is 0 Å². The minimum Gasteiger partial charge on any atom is -0.348 e. The van der Waals surface area contributed by atoms with E-state index in [9.17, 15) is 4.79 Å². The fourth-order valence-corrected chi connectivity index (χ4v) is 3.79. The Labute approximate surface area is 144 Å². The van der Waals surface area contributed by atoms with Gasteiger partial charge in [0.2, 0.25) is 5.91 Å². The maximum absolute atomic E-state index is 12.1. The molecule has 118 valence electrons. The topological polar surface area (TPSA) is 32.3 Å². The summed E-state index contributed by atoms with van der Waals surface area (Å²) >= 11 is 5.16. The van der Waals surface area contributed by atoms with E-state index >= 15 is 0 Å². The first-order valence-corrected chi connectivity index (χ1v) is 8.83. The predicted octanol–water partition coefficient (Wildman–Crippen LogP) is 4.13. The summed E-state index contributed by atoms with van der Waals surface area (Å²) in [5, 5.41) is 3.05. The Morgan fingerprint density at radius 1 is 1.27 bits per heavy atom. The molecule has 0 spiro atoms. The van der Waals surface area contributed by atoms with Crippen LogP contribution in [0.3, 0.4) is 0 Å². The van der Waals surface area contributed by atoms with Crippen LogP contribution in [0.25, 0.3) is 0 Å². The summed E-state index contributed by atoms with van der Waals surface area (Å²) in [7, 11) is 1.96. The van der Waals surface area contributed by atoms with Crippen LogP contribution in [0.1, 0.15) is 29.0 Å². The summed E-state index contributed by atoms with van der Waals surface area (Å²) in [5.41, 5.74) is 2.35. The number of carbonyl (C=O) groups is 1. The molecular weight excluding hydrogens is 360 g/mol. The molecule has 0 aliphatic carbocycles. The van der Waals surface area contributed by atoms with Gasteiger partial charge in [-0.05, 0) is 54.5 Å². The minimum absolute atomic E-state index is 0.0254. The molecule has 0 fully saturated rings. The molecule has 3 nitrogen and oxygen atoms in total. The highest BCUT2D eigenvalue weighted by Crippen LogP contribution is 2.22. The molecule has 0 saturated carbocycles. The van der Waals surface area contributed by atoms with Crippen LogP contribution in [0.2, 0.25) is 0 Å². The van der Waals surface area contributed by atoms with Crippen LogP contribution >= 0.6 is 27.3 Å². The van der Waals surface area contributed by atoms with Gasteiger partial charge in [0.05, 0.1) is 16.4 Å². The number of hydrogen-bond donors (Lipinski definition) is 1. The van der Waals surface area contributed by atoms with Gasteiger partial charge in [0.25, 0.3) is 0 Å². The van der Waals surface area contributed by atoms with Gasteiger partial charge in [-0.3, -0.25) is 9.69 Å². The van der Waals surface area contributed by atoms with Crippen LogP contribution in [0.15, 0.2) is 40.2 Å². The lowest BCUT2D eigenvalue weighted by atomic mass is 10.1. The number of nitrogens with zero attached hydrogens (tertiary/aromatic N) is 1. The summed E-state index contributed by atoms with van der Waals surface area (Å²) in [6, 6.07) is 12.4. The van der Waals surface area contributed by atoms with Crippen molar-refractivity contribution >= 4 is 33.2 Å². The van der Waals surface area contributed by atoms with Crippen molar-refractivity contribution in [3.05, 3.63) is 56.2 Å². The highest BCUT2D eigenvalue weighted by molar-refractivity contribution is 9.11. The number of hydrogen-bond acceptors (Lipinski definition) is 3. The Morgan fingerprint density at radius 2 is 1.95 bits per heavy atom. The van der Waals surface area contributed by atoms with Gasteiger partial charge >= 0.3 is 0 Å². The molecule has 22 heavy (non-hydrogen) atoms. The molecule has 0 saturated heterocycles. The number of nitrogens with one attached hydrogen (secondary N) is 1. The zero-order valence-corrected chi connectivity index (χ0v) is 15.5. The molecule has 1 aromatic heterocycles. The van der Waals surface area contributed by atoms with Crippen LogP contribution in [-0.4, -0.2) is 24.4 Å². The number of halogens is 1. The van der Waals surface area contributed by atoms with E-state index in [-0.39, 0.29) is 11.9 Å². The molecule has 1 N–H and O–H groups in total. The van der Waals surface area contributed by atoms with Crippen LogP contribution in [0.5, 0.6) is 0 Å². The molecule has 1 amide bonds. The van der Waals surface area contributed by atoms with E-state index in [0.29, 0.717) is 6.54 Å². The third-order valence-electron chi connectivity index (χ3n) is 3.42. The monoisotopic (exact) mass is 380 g/mol. The van der Waals surface area contributed by atoms with Crippen LogP contribution < -0.4 is 5.32 Å². The second kappa shape index (κ2) is 7.90. The van der Waals surface area contributed by atoms with E-state index in [1.807, 2.05) is 24.9 Å². The Hall–Kier alpha value is -1.17. The molecule has 1 unspecified atom stereocenters. The van der Waals surface area contributed by atoms with Crippen LogP contribution in [0.4, 0.5) is 0 Å². The second-order valence-electron chi connectivity index (χ2n) is 5.58. The van der Waals surface area contributed by atoms with Gasteiger partial charge in [-0.15, -0.1) is 11.3 Å². The van der Waals surface area contributed by atoms with E-state index in [1.165, 1.54) is 10.4 Å². The maximum atomic E-state index is 12.1. The largest absolute Gasteiger partial charge is 0.348 e. The molecule has 1 heterocycles. The highest BCUT2D eigenvalue weighted by Gasteiger charge is 2.12. The summed E-state index contributed by atoms with van der Waals surface area (Å²) in [6.07, 6.45) is 0. The molecule has 0 aliphatic rings. The zero-order chi connectivity index (χ0) is 16.1. The first-order valence-electron chi connectivity index (χ1n) is 7.22. The quantitative estimate of drug-likeness (QED) is 0.816. The molecule has 0 aliphatic heterocycles. The van der Waals surface area contributed by atoms with Crippen LogP contribution in [-0.2, 0) is 11.3 Å². The van der Waals surface area contributed by atoms with Crippen molar-refractivity contribution in [3.63, 3.8) is 0 Å². The lowest BCUT2D eigenvalue weighted by Gasteiger charge is -2.19. The van der Waals surface area contributed by atoms with Gasteiger partial charge in [0, 0.05) is 11.4 Å². The summed E-state index contributed by atoms with van der Waals surface area (Å²) in [5.74, 6) is 0.0474. The van der Waals surface area contributed by atoms with Gasteiger partial charge in [0.1, 0.15) is 0 Å². The SMILES string of the molecule is Cc1ccc(C(C)NC(=O)CN(C)Cc2ccc(Br)s2)cc1. The zero-order valence-electron chi connectivity index (χ0n) is 13.1. The molecule has 5 heteroatoms. The third-order valence-corrected chi connectivity index (χ3v) is 5.03. The maximum Gasteiger partial charge on any atom is 0.234 e. The summed E-state index contributed by atoms with van der Waals surface area (Å²) < 4.78 is 1.12. The highest BCUT2D eigenvalue weighted by atomic mass is 79.9.